The van der Waals surface area contributed by atoms with Crippen molar-refractivity contribution in [1.29, 1.82) is 0 Å². The molecule has 1 heterocycles. The first-order valence-corrected chi connectivity index (χ1v) is 8.59. The Labute approximate surface area is 160 Å². The molecule has 7 heteroatoms. The van der Waals surface area contributed by atoms with E-state index in [-0.39, 0.29) is 23.8 Å². The van der Waals surface area contributed by atoms with Crippen molar-refractivity contribution in [1.82, 2.24) is 9.78 Å². The van der Waals surface area contributed by atoms with E-state index < -0.39 is 0 Å². The van der Waals surface area contributed by atoms with Gasteiger partial charge in [-0.3, -0.25) is 14.7 Å². The molecule has 0 aliphatic heterocycles. The quantitative estimate of drug-likeness (QED) is 0.540. The maximum absolute atomic E-state index is 13.1. The van der Waals surface area contributed by atoms with Gasteiger partial charge in [0.2, 0.25) is 0 Å². The third kappa shape index (κ3) is 3.88. The van der Waals surface area contributed by atoms with Crippen LogP contribution in [-0.2, 0) is 4.79 Å². The number of ether oxygens (including phenoxy) is 2. The third-order valence-electron chi connectivity index (χ3n) is 4.10. The number of aromatic nitrogens is 2. The number of hydrogen-bond acceptors (Lipinski definition) is 4. The van der Waals surface area contributed by atoms with Gasteiger partial charge in [-0.2, -0.15) is 0 Å². The molecule has 3 rings (SSSR count). The fourth-order valence-electron chi connectivity index (χ4n) is 2.64. The van der Waals surface area contributed by atoms with Crippen LogP contribution < -0.4 is 25.6 Å². The highest BCUT2D eigenvalue weighted by Crippen LogP contribution is 2.28. The molecule has 0 amide bonds. The predicted molar refractivity (Wildman–Crippen MR) is 104 cm³/mol. The summed E-state index contributed by atoms with van der Waals surface area (Å²) in [5, 5.41) is 3.64. The summed E-state index contributed by atoms with van der Waals surface area (Å²) < 4.78 is 24.9. The van der Waals surface area contributed by atoms with E-state index in [0.717, 1.165) is 0 Å². The first kappa shape index (κ1) is 19.2. The molecule has 0 fully saturated rings. The van der Waals surface area contributed by atoms with Crippen molar-refractivity contribution in [3.8, 4) is 17.2 Å². The smallest absolute Gasteiger partial charge is 0.311 e. The normalized spacial score (nSPS) is 11.5. The highest BCUT2D eigenvalue weighted by atomic mass is 19.1. The average Bonchev–Trinajstić information content (AvgIpc) is 2.97. The Hall–Kier alpha value is -3.61. The number of esters is 1. The Morgan fingerprint density at radius 2 is 1.93 bits per heavy atom. The van der Waals surface area contributed by atoms with Crippen molar-refractivity contribution >= 4 is 18.6 Å². The Morgan fingerprint density at radius 1 is 1.21 bits per heavy atom. The van der Waals surface area contributed by atoms with Gasteiger partial charge in [0, 0.05) is 6.42 Å². The lowest BCUT2D eigenvalue weighted by molar-refractivity contribution is -0.134. The van der Waals surface area contributed by atoms with Crippen molar-refractivity contribution in [3.63, 3.8) is 0 Å². The largest absolute Gasteiger partial charge is 0.493 e. The van der Waals surface area contributed by atoms with E-state index in [2.05, 4.69) is 11.7 Å². The second-order valence-corrected chi connectivity index (χ2v) is 6.00. The SMILES string of the molecule is C=c1[nH]n(-c2ccc(F)cc2)c(=O)/c1=C\c1ccc(OC(=O)CC)c(OC)c1. The van der Waals surface area contributed by atoms with E-state index in [9.17, 15) is 14.0 Å². The summed E-state index contributed by atoms with van der Waals surface area (Å²) in [5.41, 5.74) is 0.841. The molecule has 0 radical (unpaired) electrons. The topological polar surface area (TPSA) is 73.3 Å². The summed E-state index contributed by atoms with van der Waals surface area (Å²) in [6.07, 6.45) is 1.89. The van der Waals surface area contributed by atoms with Crippen molar-refractivity contribution in [2.75, 3.05) is 7.11 Å². The number of nitrogens with zero attached hydrogens (tertiary/aromatic N) is 1. The van der Waals surface area contributed by atoms with Gasteiger partial charge < -0.3 is 9.47 Å². The van der Waals surface area contributed by atoms with E-state index in [1.807, 2.05) is 0 Å². The Bertz CT molecular complexity index is 1180. The number of hydrogen-bond donors (Lipinski definition) is 1. The van der Waals surface area contributed by atoms with Crippen LogP contribution in [0.5, 0.6) is 11.5 Å². The van der Waals surface area contributed by atoms with E-state index >= 15 is 0 Å². The summed E-state index contributed by atoms with van der Waals surface area (Å²) in [6, 6.07) is 10.5. The zero-order valence-corrected chi connectivity index (χ0v) is 15.5. The van der Waals surface area contributed by atoms with Crippen LogP contribution in [0.1, 0.15) is 18.9 Å². The van der Waals surface area contributed by atoms with Crippen LogP contribution in [0.2, 0.25) is 0 Å². The number of carbonyl (C=O) groups excluding carboxylic acids is 1. The summed E-state index contributed by atoms with van der Waals surface area (Å²) in [7, 11) is 1.47. The molecule has 0 bridgehead atoms. The molecule has 1 aromatic heterocycles. The number of nitrogens with one attached hydrogen (secondary N) is 1. The van der Waals surface area contributed by atoms with Crippen LogP contribution in [-0.4, -0.2) is 22.9 Å². The van der Waals surface area contributed by atoms with Gasteiger partial charge in [-0.25, -0.2) is 9.07 Å². The average molecular weight is 382 g/mol. The van der Waals surface area contributed by atoms with Crippen LogP contribution >= 0.6 is 0 Å². The first-order valence-electron chi connectivity index (χ1n) is 8.59. The molecule has 3 aromatic rings. The number of methoxy groups -OCH3 is 1. The molecule has 0 saturated heterocycles. The first-order chi connectivity index (χ1) is 13.4. The number of halogens is 1. The molecule has 0 spiro atoms. The second kappa shape index (κ2) is 7.96. The van der Waals surface area contributed by atoms with Gasteiger partial charge in [-0.05, 0) is 48.0 Å². The van der Waals surface area contributed by atoms with Crippen LogP contribution in [0.15, 0.2) is 47.3 Å². The molecule has 0 atom stereocenters. The van der Waals surface area contributed by atoms with E-state index in [0.29, 0.717) is 33.3 Å². The van der Waals surface area contributed by atoms with Crippen LogP contribution in [0.4, 0.5) is 4.39 Å². The lowest BCUT2D eigenvalue weighted by Crippen LogP contribution is -2.33. The maximum atomic E-state index is 13.1. The Morgan fingerprint density at radius 3 is 2.57 bits per heavy atom. The standard InChI is InChI=1S/C21H19FN2O4/c1-4-20(25)28-18-10-5-14(12-19(18)27-3)11-17-13(2)23-24(21(17)26)16-8-6-15(22)7-9-16/h5-12,23H,2,4H2,1,3H3/b17-11-. The molecule has 6 nitrogen and oxygen atoms in total. The molecule has 0 aliphatic rings. The molecular weight excluding hydrogens is 363 g/mol. The van der Waals surface area contributed by atoms with E-state index in [1.165, 1.54) is 36.1 Å². The zero-order valence-electron chi connectivity index (χ0n) is 15.5. The van der Waals surface area contributed by atoms with Gasteiger partial charge >= 0.3 is 5.97 Å². The number of H-pyrrole nitrogens is 1. The van der Waals surface area contributed by atoms with Crippen LogP contribution in [0.25, 0.3) is 18.3 Å². The van der Waals surface area contributed by atoms with E-state index in [1.54, 1.807) is 31.2 Å². The summed E-state index contributed by atoms with van der Waals surface area (Å²) >= 11 is 0. The molecular formula is C21H19FN2O4. The van der Waals surface area contributed by atoms with Gasteiger partial charge in [0.25, 0.3) is 5.56 Å². The van der Waals surface area contributed by atoms with Crippen LogP contribution in [0, 0.1) is 5.82 Å². The van der Waals surface area contributed by atoms with E-state index in [4.69, 9.17) is 9.47 Å². The molecule has 0 unspecified atom stereocenters. The Kier molecular flexibility index (Phi) is 5.44. The van der Waals surface area contributed by atoms with Crippen molar-refractivity contribution in [2.24, 2.45) is 0 Å². The lowest BCUT2D eigenvalue weighted by atomic mass is 10.1. The van der Waals surface area contributed by atoms with Crippen molar-refractivity contribution in [2.45, 2.75) is 13.3 Å². The van der Waals surface area contributed by atoms with Gasteiger partial charge in [-0.1, -0.05) is 19.6 Å². The summed E-state index contributed by atoms with van der Waals surface area (Å²) in [6.45, 7) is 5.57. The fraction of sp³-hybridized carbons (Fsp3) is 0.143. The monoisotopic (exact) mass is 382 g/mol. The molecule has 144 valence electrons. The summed E-state index contributed by atoms with van der Waals surface area (Å²) in [5.74, 6) is -0.0847. The number of carbonyl (C=O) groups is 1. The van der Waals surface area contributed by atoms with Crippen LogP contribution in [0.3, 0.4) is 0 Å². The zero-order chi connectivity index (χ0) is 20.3. The van der Waals surface area contributed by atoms with Crippen molar-refractivity contribution in [3.05, 3.63) is 74.8 Å². The van der Waals surface area contributed by atoms with Gasteiger partial charge in [0.15, 0.2) is 11.5 Å². The second-order valence-electron chi connectivity index (χ2n) is 6.00. The minimum Gasteiger partial charge on any atom is -0.493 e. The molecule has 0 saturated carbocycles. The highest BCUT2D eigenvalue weighted by molar-refractivity contribution is 5.73. The van der Waals surface area contributed by atoms with Gasteiger partial charge in [0.1, 0.15) is 5.82 Å². The summed E-state index contributed by atoms with van der Waals surface area (Å²) in [4.78, 5) is 24.3. The molecule has 2 aromatic carbocycles. The maximum Gasteiger partial charge on any atom is 0.311 e. The Balaban J connectivity index is 2.04. The number of benzene rings is 2. The van der Waals surface area contributed by atoms with Gasteiger partial charge in [-0.15, -0.1) is 0 Å². The number of aromatic amines is 1. The van der Waals surface area contributed by atoms with Crippen molar-refractivity contribution < 1.29 is 18.7 Å². The predicted octanol–water partition coefficient (Wildman–Crippen LogP) is 1.87. The molecule has 0 aliphatic carbocycles. The minimum absolute atomic E-state index is 0.244. The highest BCUT2D eigenvalue weighted by Gasteiger charge is 2.10. The van der Waals surface area contributed by atoms with Gasteiger partial charge in [0.05, 0.1) is 23.4 Å². The third-order valence-corrected chi connectivity index (χ3v) is 4.10. The lowest BCUT2D eigenvalue weighted by Gasteiger charge is -2.09. The molecule has 28 heavy (non-hydrogen) atoms. The molecule has 1 N–H and O–H groups in total. The number of rotatable bonds is 5. The minimum atomic E-state index is -0.388. The fourth-order valence-corrected chi connectivity index (χ4v) is 2.64.